The highest BCUT2D eigenvalue weighted by Crippen LogP contribution is 2.03. The normalized spacial score (nSPS) is 12.8. The number of halogens is 1. The molecule has 1 unspecified atom stereocenters. The van der Waals surface area contributed by atoms with Crippen LogP contribution in [0.25, 0.3) is 0 Å². The molecule has 122 valence electrons. The number of hydrogen-bond donors (Lipinski definition) is 3. The van der Waals surface area contributed by atoms with Crippen molar-refractivity contribution in [3.8, 4) is 0 Å². The van der Waals surface area contributed by atoms with E-state index in [0.717, 1.165) is 0 Å². The molecule has 0 aromatic heterocycles. The average molecular weight is 310 g/mol. The van der Waals surface area contributed by atoms with Crippen molar-refractivity contribution in [2.24, 2.45) is 10.7 Å². The van der Waals surface area contributed by atoms with Gasteiger partial charge in [-0.05, 0) is 24.6 Å². The molecular formula is C15H23FN4O2. The first-order valence-electron chi connectivity index (χ1n) is 7.07. The maximum absolute atomic E-state index is 13.0. The molecule has 0 aliphatic heterocycles. The minimum absolute atomic E-state index is 0.0660. The highest BCUT2D eigenvalue weighted by atomic mass is 19.1. The van der Waals surface area contributed by atoms with Crippen molar-refractivity contribution in [1.82, 2.24) is 10.6 Å². The summed E-state index contributed by atoms with van der Waals surface area (Å²) in [5.74, 6) is -0.220. The summed E-state index contributed by atoms with van der Waals surface area (Å²) in [7, 11) is 1.61. The molecule has 0 aliphatic rings. The first-order valence-corrected chi connectivity index (χ1v) is 7.07. The Morgan fingerprint density at radius 3 is 2.95 bits per heavy atom. The van der Waals surface area contributed by atoms with Crippen LogP contribution in [0.3, 0.4) is 0 Å². The summed E-state index contributed by atoms with van der Waals surface area (Å²) < 4.78 is 18.0. The second kappa shape index (κ2) is 9.73. The lowest BCUT2D eigenvalue weighted by atomic mass is 10.1. The summed E-state index contributed by atoms with van der Waals surface area (Å²) in [6.07, 6.45) is 0.139. The van der Waals surface area contributed by atoms with Crippen LogP contribution in [0.5, 0.6) is 0 Å². The van der Waals surface area contributed by atoms with Gasteiger partial charge in [0.15, 0.2) is 5.96 Å². The van der Waals surface area contributed by atoms with Gasteiger partial charge in [0.2, 0.25) is 5.91 Å². The molecule has 1 atom stereocenters. The largest absolute Gasteiger partial charge is 0.383 e. The van der Waals surface area contributed by atoms with E-state index in [4.69, 9.17) is 10.5 Å². The van der Waals surface area contributed by atoms with Gasteiger partial charge >= 0.3 is 0 Å². The van der Waals surface area contributed by atoms with Gasteiger partial charge in [-0.3, -0.25) is 9.79 Å². The molecule has 1 aromatic rings. The Labute approximate surface area is 129 Å². The molecule has 7 heteroatoms. The quantitative estimate of drug-likeness (QED) is 0.369. The van der Waals surface area contributed by atoms with Crippen LogP contribution in [0.15, 0.2) is 29.3 Å². The summed E-state index contributed by atoms with van der Waals surface area (Å²) in [5, 5.41) is 5.67. The molecule has 22 heavy (non-hydrogen) atoms. The molecule has 4 N–H and O–H groups in total. The molecular weight excluding hydrogens is 287 g/mol. The Hall–Kier alpha value is -2.15. The number of hydrogen-bond acceptors (Lipinski definition) is 3. The van der Waals surface area contributed by atoms with Gasteiger partial charge in [-0.1, -0.05) is 12.1 Å². The molecule has 0 radical (unpaired) electrons. The number of benzene rings is 1. The van der Waals surface area contributed by atoms with Crippen molar-refractivity contribution >= 4 is 11.9 Å². The van der Waals surface area contributed by atoms with Crippen LogP contribution in [0.4, 0.5) is 4.39 Å². The maximum atomic E-state index is 13.0. The van der Waals surface area contributed by atoms with Crippen LogP contribution in [-0.4, -0.2) is 44.7 Å². The van der Waals surface area contributed by atoms with Crippen molar-refractivity contribution in [3.63, 3.8) is 0 Å². The van der Waals surface area contributed by atoms with Crippen molar-refractivity contribution in [1.29, 1.82) is 0 Å². The fraction of sp³-hybridized carbons (Fsp3) is 0.467. The topological polar surface area (TPSA) is 88.7 Å². The molecule has 0 aliphatic carbocycles. The lowest BCUT2D eigenvalue weighted by Crippen LogP contribution is -2.41. The summed E-state index contributed by atoms with van der Waals surface area (Å²) >= 11 is 0. The molecule has 0 fully saturated rings. The van der Waals surface area contributed by atoms with E-state index in [2.05, 4.69) is 15.6 Å². The number of methoxy groups -OCH3 is 1. The fourth-order valence-corrected chi connectivity index (χ4v) is 1.86. The summed E-state index contributed by atoms with van der Waals surface area (Å²) in [4.78, 5) is 15.8. The highest BCUT2D eigenvalue weighted by molar-refractivity contribution is 5.79. The smallest absolute Gasteiger partial charge is 0.224 e. The second-order valence-corrected chi connectivity index (χ2v) is 4.92. The Bertz CT molecular complexity index is 508. The molecule has 0 bridgehead atoms. The monoisotopic (exact) mass is 310 g/mol. The Kier molecular flexibility index (Phi) is 7.91. The number of nitrogens with one attached hydrogen (secondary N) is 2. The molecule has 0 saturated heterocycles. The molecule has 1 rings (SSSR count). The van der Waals surface area contributed by atoms with Crippen molar-refractivity contribution < 1.29 is 13.9 Å². The maximum Gasteiger partial charge on any atom is 0.224 e. The first-order chi connectivity index (χ1) is 10.5. The van der Waals surface area contributed by atoms with E-state index in [-0.39, 0.29) is 24.2 Å². The summed E-state index contributed by atoms with van der Waals surface area (Å²) in [5.41, 5.74) is 6.33. The zero-order valence-electron chi connectivity index (χ0n) is 12.9. The predicted molar refractivity (Wildman–Crippen MR) is 84.1 cm³/mol. The third-order valence-corrected chi connectivity index (χ3v) is 2.78. The van der Waals surface area contributed by atoms with E-state index < -0.39 is 0 Å². The van der Waals surface area contributed by atoms with Crippen molar-refractivity contribution in [2.75, 3.05) is 26.8 Å². The van der Waals surface area contributed by atoms with Gasteiger partial charge < -0.3 is 21.1 Å². The van der Waals surface area contributed by atoms with Gasteiger partial charge in [0, 0.05) is 19.7 Å². The Morgan fingerprint density at radius 1 is 1.50 bits per heavy atom. The number of guanidine groups is 1. The fourth-order valence-electron chi connectivity index (χ4n) is 1.86. The lowest BCUT2D eigenvalue weighted by molar-refractivity contribution is -0.120. The Morgan fingerprint density at radius 2 is 2.27 bits per heavy atom. The van der Waals surface area contributed by atoms with Gasteiger partial charge in [-0.25, -0.2) is 4.39 Å². The SMILES string of the molecule is COCC(C)NC(N)=NCCNC(=O)Cc1cccc(F)c1. The highest BCUT2D eigenvalue weighted by Gasteiger charge is 2.04. The molecule has 0 saturated carbocycles. The minimum atomic E-state index is -0.348. The van der Waals surface area contributed by atoms with E-state index in [1.54, 1.807) is 19.2 Å². The average Bonchev–Trinajstić information content (AvgIpc) is 2.44. The Balaban J connectivity index is 2.24. The van der Waals surface area contributed by atoms with Crippen LogP contribution in [-0.2, 0) is 16.0 Å². The van der Waals surface area contributed by atoms with Crippen LogP contribution >= 0.6 is 0 Å². The molecule has 0 spiro atoms. The lowest BCUT2D eigenvalue weighted by Gasteiger charge is -2.13. The van der Waals surface area contributed by atoms with E-state index in [1.165, 1.54) is 12.1 Å². The molecule has 6 nitrogen and oxygen atoms in total. The third kappa shape index (κ3) is 7.58. The minimum Gasteiger partial charge on any atom is -0.383 e. The number of amides is 1. The van der Waals surface area contributed by atoms with Crippen LogP contribution in [0, 0.1) is 5.82 Å². The van der Waals surface area contributed by atoms with E-state index in [9.17, 15) is 9.18 Å². The van der Waals surface area contributed by atoms with Crippen LogP contribution < -0.4 is 16.4 Å². The van der Waals surface area contributed by atoms with Gasteiger partial charge in [-0.2, -0.15) is 0 Å². The molecule has 0 heterocycles. The van der Waals surface area contributed by atoms with Crippen molar-refractivity contribution in [2.45, 2.75) is 19.4 Å². The zero-order valence-corrected chi connectivity index (χ0v) is 12.9. The number of ether oxygens (including phenoxy) is 1. The number of aliphatic imine (C=N–C) groups is 1. The predicted octanol–water partition coefficient (Wildman–Crippen LogP) is 0.424. The summed E-state index contributed by atoms with van der Waals surface area (Å²) in [6, 6.07) is 6.04. The van der Waals surface area contributed by atoms with Crippen molar-refractivity contribution in [3.05, 3.63) is 35.6 Å². The number of carbonyl (C=O) groups excluding carboxylic acids is 1. The molecule has 1 aromatic carbocycles. The number of nitrogens with two attached hydrogens (primary N) is 1. The van der Waals surface area contributed by atoms with Crippen LogP contribution in [0.2, 0.25) is 0 Å². The van der Waals surface area contributed by atoms with E-state index >= 15 is 0 Å². The van der Waals surface area contributed by atoms with Gasteiger partial charge in [0.05, 0.1) is 19.6 Å². The summed E-state index contributed by atoms with van der Waals surface area (Å²) in [6.45, 7) is 3.19. The van der Waals surface area contributed by atoms with Gasteiger partial charge in [0.1, 0.15) is 5.82 Å². The standard InChI is InChI=1S/C15H23FN4O2/c1-11(10-22-2)20-15(17)19-7-6-18-14(21)9-12-4-3-5-13(16)8-12/h3-5,8,11H,6-7,9-10H2,1-2H3,(H,18,21)(H3,17,19,20). The zero-order chi connectivity index (χ0) is 16.4. The third-order valence-electron chi connectivity index (χ3n) is 2.78. The number of nitrogens with zero attached hydrogens (tertiary/aromatic N) is 1. The number of rotatable bonds is 8. The number of carbonyl (C=O) groups is 1. The second-order valence-electron chi connectivity index (χ2n) is 4.92. The van der Waals surface area contributed by atoms with E-state index in [0.29, 0.717) is 31.2 Å². The molecule has 1 amide bonds. The van der Waals surface area contributed by atoms with E-state index in [1.807, 2.05) is 6.92 Å². The van der Waals surface area contributed by atoms with Gasteiger partial charge in [0.25, 0.3) is 0 Å². The van der Waals surface area contributed by atoms with Gasteiger partial charge in [-0.15, -0.1) is 0 Å². The first kappa shape index (κ1) is 17.9. The van der Waals surface area contributed by atoms with Crippen LogP contribution in [0.1, 0.15) is 12.5 Å².